The fourth-order valence-electron chi connectivity index (χ4n) is 5.44. The summed E-state index contributed by atoms with van der Waals surface area (Å²) in [5.41, 5.74) is 1.07. The maximum atomic E-state index is 11.1. The molecule has 26 heavy (non-hydrogen) atoms. The Morgan fingerprint density at radius 1 is 1.19 bits per heavy atom. The molecule has 5 N–H and O–H groups in total. The van der Waals surface area contributed by atoms with Gasteiger partial charge in [0.15, 0.2) is 0 Å². The molecule has 0 amide bonds. The van der Waals surface area contributed by atoms with Crippen LogP contribution in [0.3, 0.4) is 0 Å². The zero-order valence-electron chi connectivity index (χ0n) is 15.6. The largest absolute Gasteiger partial charge is 0.394 e. The van der Waals surface area contributed by atoms with Crippen LogP contribution < -0.4 is 0 Å². The van der Waals surface area contributed by atoms with Gasteiger partial charge in [0.05, 0.1) is 24.4 Å². The van der Waals surface area contributed by atoms with Crippen molar-refractivity contribution in [1.29, 1.82) is 0 Å². The van der Waals surface area contributed by atoms with Crippen molar-refractivity contribution in [3.63, 3.8) is 0 Å². The van der Waals surface area contributed by atoms with E-state index in [0.717, 1.165) is 36.0 Å². The highest BCUT2D eigenvalue weighted by Gasteiger charge is 2.62. The molecular weight excluding hydrogens is 332 g/mol. The van der Waals surface area contributed by atoms with Crippen LogP contribution in [-0.2, 0) is 0 Å². The topological polar surface area (TPSA) is 101 Å². The maximum absolute atomic E-state index is 11.1. The van der Waals surface area contributed by atoms with E-state index in [1.807, 2.05) is 19.1 Å². The first kappa shape index (κ1) is 19.8. The van der Waals surface area contributed by atoms with Crippen LogP contribution in [0, 0.1) is 11.3 Å². The first-order valence-electron chi connectivity index (χ1n) is 9.66. The molecule has 0 unspecified atom stereocenters. The first-order valence-corrected chi connectivity index (χ1v) is 9.66. The van der Waals surface area contributed by atoms with Crippen LogP contribution in [0.5, 0.6) is 0 Å². The normalized spacial score (nSPS) is 45.2. The van der Waals surface area contributed by atoms with E-state index in [1.54, 1.807) is 0 Å². The SMILES string of the molecule is C=C1CC[C@@H](O)C/C1=C/C=C1\C[C@@H](O)C[C@@]2(C)[C@H]1CC[C@]2(O)[C@@H](O)CO. The minimum atomic E-state index is -1.40. The molecule has 3 saturated carbocycles. The summed E-state index contributed by atoms with van der Waals surface area (Å²) in [7, 11) is 0. The molecule has 0 spiro atoms. The monoisotopic (exact) mass is 364 g/mol. The highest BCUT2D eigenvalue weighted by molar-refractivity contribution is 5.37. The number of aliphatic hydroxyl groups excluding tert-OH is 4. The third kappa shape index (κ3) is 3.20. The fourth-order valence-corrected chi connectivity index (χ4v) is 5.44. The minimum Gasteiger partial charge on any atom is -0.394 e. The highest BCUT2D eigenvalue weighted by atomic mass is 16.4. The van der Waals surface area contributed by atoms with E-state index in [0.29, 0.717) is 25.7 Å². The number of rotatable bonds is 3. The lowest BCUT2D eigenvalue weighted by Gasteiger charge is -2.49. The summed E-state index contributed by atoms with van der Waals surface area (Å²) in [6.07, 6.45) is 6.10. The van der Waals surface area contributed by atoms with Crippen LogP contribution >= 0.6 is 0 Å². The van der Waals surface area contributed by atoms with Gasteiger partial charge in [0.2, 0.25) is 0 Å². The lowest BCUT2D eigenvalue weighted by molar-refractivity contribution is -0.170. The molecule has 3 rings (SSSR count). The van der Waals surface area contributed by atoms with Gasteiger partial charge in [0, 0.05) is 5.41 Å². The number of hydrogen-bond donors (Lipinski definition) is 5. The third-order valence-corrected chi connectivity index (χ3v) is 7.06. The Labute approximate surface area is 155 Å². The second-order valence-electron chi connectivity index (χ2n) is 8.63. The molecule has 5 nitrogen and oxygen atoms in total. The van der Waals surface area contributed by atoms with Crippen molar-refractivity contribution < 1.29 is 25.5 Å². The van der Waals surface area contributed by atoms with Gasteiger partial charge in [-0.05, 0) is 56.4 Å². The summed E-state index contributed by atoms with van der Waals surface area (Å²) < 4.78 is 0. The molecule has 3 aliphatic carbocycles. The Hall–Kier alpha value is -0.980. The molecule has 0 radical (unpaired) electrons. The number of fused-ring (bicyclic) bond motifs is 1. The van der Waals surface area contributed by atoms with E-state index in [2.05, 4.69) is 6.58 Å². The summed E-state index contributed by atoms with van der Waals surface area (Å²) >= 11 is 0. The lowest BCUT2D eigenvalue weighted by atomic mass is 9.59. The summed E-state index contributed by atoms with van der Waals surface area (Å²) in [6.45, 7) is 5.51. The van der Waals surface area contributed by atoms with Crippen molar-refractivity contribution >= 4 is 0 Å². The number of hydrogen-bond acceptors (Lipinski definition) is 5. The number of allylic oxidation sites excluding steroid dienone is 3. The Bertz CT molecular complexity index is 624. The van der Waals surface area contributed by atoms with Crippen molar-refractivity contribution in [2.45, 2.75) is 75.8 Å². The lowest BCUT2D eigenvalue weighted by Crippen LogP contribution is -2.57. The standard InChI is InChI=1S/C21H32O5/c1-13-3-6-16(23)9-14(13)4-5-15-10-17(24)11-20(2)18(15)7-8-21(20,26)19(25)12-22/h4-5,16-19,22-26H,1,3,6-12H2,2H3/b14-4-,15-5+/t16-,17-,18+,19+,20+,21+/m1/s1. The van der Waals surface area contributed by atoms with Gasteiger partial charge in [-0.25, -0.2) is 0 Å². The van der Waals surface area contributed by atoms with E-state index in [4.69, 9.17) is 0 Å². The van der Waals surface area contributed by atoms with E-state index < -0.39 is 29.8 Å². The van der Waals surface area contributed by atoms with Crippen molar-refractivity contribution in [3.8, 4) is 0 Å². The first-order chi connectivity index (χ1) is 12.2. The van der Waals surface area contributed by atoms with Gasteiger partial charge in [0.1, 0.15) is 6.10 Å². The van der Waals surface area contributed by atoms with Crippen molar-refractivity contribution in [3.05, 3.63) is 35.5 Å². The molecule has 0 aliphatic heterocycles. The van der Waals surface area contributed by atoms with Crippen LogP contribution in [0.2, 0.25) is 0 Å². The van der Waals surface area contributed by atoms with Crippen molar-refractivity contribution in [1.82, 2.24) is 0 Å². The quantitative estimate of drug-likeness (QED) is 0.524. The average molecular weight is 364 g/mol. The molecule has 0 aromatic carbocycles. The summed E-state index contributed by atoms with van der Waals surface area (Å²) in [4.78, 5) is 0. The Morgan fingerprint density at radius 3 is 2.62 bits per heavy atom. The molecule has 3 fully saturated rings. The fraction of sp³-hybridized carbons (Fsp3) is 0.714. The zero-order chi connectivity index (χ0) is 19.1. The average Bonchev–Trinajstić information content (AvgIpc) is 2.86. The molecular formula is C21H32O5. The van der Waals surface area contributed by atoms with Gasteiger partial charge in [-0.1, -0.05) is 36.8 Å². The third-order valence-electron chi connectivity index (χ3n) is 7.06. The predicted octanol–water partition coefficient (Wildman–Crippen LogP) is 1.60. The molecule has 6 atom stereocenters. The maximum Gasteiger partial charge on any atom is 0.106 e. The van der Waals surface area contributed by atoms with E-state index in [-0.39, 0.29) is 12.0 Å². The molecule has 0 heterocycles. The Morgan fingerprint density at radius 2 is 1.92 bits per heavy atom. The van der Waals surface area contributed by atoms with Crippen molar-refractivity contribution in [2.24, 2.45) is 11.3 Å². The van der Waals surface area contributed by atoms with Gasteiger partial charge in [-0.15, -0.1) is 0 Å². The van der Waals surface area contributed by atoms with Gasteiger partial charge in [0.25, 0.3) is 0 Å². The molecule has 0 bridgehead atoms. The van der Waals surface area contributed by atoms with E-state index >= 15 is 0 Å². The molecule has 0 aromatic rings. The Balaban J connectivity index is 1.91. The number of aliphatic hydroxyl groups is 5. The Kier molecular flexibility index (Phi) is 5.48. The van der Waals surface area contributed by atoms with Crippen LogP contribution in [0.25, 0.3) is 0 Å². The molecule has 3 aliphatic rings. The van der Waals surface area contributed by atoms with E-state index in [1.165, 1.54) is 0 Å². The van der Waals surface area contributed by atoms with Crippen LogP contribution in [-0.4, -0.2) is 56.1 Å². The van der Waals surface area contributed by atoms with Crippen LogP contribution in [0.4, 0.5) is 0 Å². The van der Waals surface area contributed by atoms with Gasteiger partial charge >= 0.3 is 0 Å². The molecule has 0 saturated heterocycles. The van der Waals surface area contributed by atoms with Gasteiger partial charge in [-0.3, -0.25) is 0 Å². The second kappa shape index (κ2) is 7.21. The van der Waals surface area contributed by atoms with Crippen LogP contribution in [0.15, 0.2) is 35.5 Å². The molecule has 0 aromatic heterocycles. The summed E-state index contributed by atoms with van der Waals surface area (Å²) in [5, 5.41) is 51.1. The van der Waals surface area contributed by atoms with Gasteiger partial charge < -0.3 is 25.5 Å². The summed E-state index contributed by atoms with van der Waals surface area (Å²) in [6, 6.07) is 0. The minimum absolute atomic E-state index is 0.0516. The van der Waals surface area contributed by atoms with Gasteiger partial charge in [-0.2, -0.15) is 0 Å². The van der Waals surface area contributed by atoms with E-state index in [9.17, 15) is 25.5 Å². The highest BCUT2D eigenvalue weighted by Crippen LogP contribution is 2.60. The zero-order valence-corrected chi connectivity index (χ0v) is 15.6. The molecule has 146 valence electrons. The summed E-state index contributed by atoms with van der Waals surface area (Å²) in [5.74, 6) is 0.0516. The van der Waals surface area contributed by atoms with Crippen LogP contribution in [0.1, 0.15) is 51.9 Å². The smallest absolute Gasteiger partial charge is 0.106 e. The predicted molar refractivity (Wildman–Crippen MR) is 99.3 cm³/mol. The van der Waals surface area contributed by atoms with Crippen molar-refractivity contribution in [2.75, 3.05) is 6.61 Å². The second-order valence-corrected chi connectivity index (χ2v) is 8.63. The molecule has 5 heteroatoms.